The number of carbonyl (C=O) groups excluding carboxylic acids is 1. The largest absolute Gasteiger partial charge is 0.373 e. The van der Waals surface area contributed by atoms with Crippen LogP contribution in [0.15, 0.2) is 48.5 Å². The number of benzene rings is 2. The lowest BCUT2D eigenvalue weighted by Gasteiger charge is -2.21. The maximum Gasteiger partial charge on any atom is 0.357 e. The van der Waals surface area contributed by atoms with Crippen molar-refractivity contribution < 1.29 is 9.63 Å². The van der Waals surface area contributed by atoms with E-state index in [0.29, 0.717) is 11.7 Å². The summed E-state index contributed by atoms with van der Waals surface area (Å²) in [5, 5.41) is 0. The molecule has 0 radical (unpaired) electrons. The van der Waals surface area contributed by atoms with Crippen molar-refractivity contribution in [3.05, 3.63) is 75.0 Å². The third kappa shape index (κ3) is 3.72. The monoisotopic (exact) mass is 381 g/mol. The first-order valence-electron chi connectivity index (χ1n) is 5.99. The van der Waals surface area contributed by atoms with Gasteiger partial charge < -0.3 is 10.6 Å². The maximum atomic E-state index is 11.9. The Kier molecular flexibility index (Phi) is 4.99. The van der Waals surface area contributed by atoms with Crippen LogP contribution >= 0.6 is 22.6 Å². The maximum absolute atomic E-state index is 11.9. The van der Waals surface area contributed by atoms with E-state index < -0.39 is 5.97 Å². The minimum atomic E-state index is -0.467. The highest BCUT2D eigenvalue weighted by atomic mass is 127. The predicted octanol–water partition coefficient (Wildman–Crippen LogP) is 2.76. The van der Waals surface area contributed by atoms with Crippen molar-refractivity contribution >= 4 is 28.6 Å². The van der Waals surface area contributed by atoms with E-state index in [2.05, 4.69) is 28.1 Å². The number of hydrogen-bond donors (Lipinski definition) is 2. The number of carbonyl (C=O) groups is 1. The van der Waals surface area contributed by atoms with Gasteiger partial charge in [0, 0.05) is 3.57 Å². The number of hydrogen-bond acceptors (Lipinski definition) is 4. The summed E-state index contributed by atoms with van der Waals surface area (Å²) in [5.41, 5.74) is 10.7. The van der Waals surface area contributed by atoms with Gasteiger partial charge in [-0.1, -0.05) is 25.1 Å². The standard InChI is InChI=1S/C15H14IN2O2/c1-10-5-4-6-11(9-10)14(17)18-20-15(19)12-7-2-3-8-13(12)16/h2-9,18H,17H2,1H3/q-1. The van der Waals surface area contributed by atoms with Crippen molar-refractivity contribution in [3.8, 4) is 0 Å². The normalized spacial score (nSPS) is 10.2. The lowest BCUT2D eigenvalue weighted by atomic mass is 10.1. The fraction of sp³-hybridized carbons (Fsp3) is 0.0667. The van der Waals surface area contributed by atoms with Crippen LogP contribution in [0.2, 0.25) is 0 Å². The summed E-state index contributed by atoms with van der Waals surface area (Å²) in [7, 11) is 0. The van der Waals surface area contributed by atoms with Crippen LogP contribution in [0.25, 0.3) is 0 Å². The van der Waals surface area contributed by atoms with Gasteiger partial charge in [0.25, 0.3) is 0 Å². The molecule has 0 aliphatic carbocycles. The zero-order chi connectivity index (χ0) is 14.5. The van der Waals surface area contributed by atoms with Crippen LogP contribution in [0.4, 0.5) is 0 Å². The van der Waals surface area contributed by atoms with Crippen molar-refractivity contribution in [2.24, 2.45) is 5.73 Å². The summed E-state index contributed by atoms with van der Waals surface area (Å²) in [6.07, 6.45) is 0.299. The van der Waals surface area contributed by atoms with Gasteiger partial charge in [-0.15, -0.1) is 11.6 Å². The molecule has 2 aromatic carbocycles. The summed E-state index contributed by atoms with van der Waals surface area (Å²) in [6, 6.07) is 14.8. The molecule has 0 aliphatic heterocycles. The Balaban J connectivity index is 1.99. The molecule has 0 bridgehead atoms. The molecule has 2 aromatic rings. The first-order chi connectivity index (χ1) is 9.58. The van der Waals surface area contributed by atoms with E-state index >= 15 is 0 Å². The number of nitrogens with one attached hydrogen (secondary N) is 1. The Morgan fingerprint density at radius 1 is 1.25 bits per heavy atom. The SMILES string of the molecule is Cc1cccc([C-](N)NOC(=O)c2ccccc2I)c1. The molecule has 0 aliphatic rings. The molecule has 3 N–H and O–H groups in total. The Bertz CT molecular complexity index is 616. The summed E-state index contributed by atoms with van der Waals surface area (Å²) in [6.45, 7) is 1.97. The number of halogens is 1. The average Bonchev–Trinajstić information content (AvgIpc) is 2.45. The van der Waals surface area contributed by atoms with Crippen molar-refractivity contribution in [2.45, 2.75) is 6.92 Å². The van der Waals surface area contributed by atoms with Crippen LogP contribution in [-0.2, 0) is 4.84 Å². The van der Waals surface area contributed by atoms with Crippen LogP contribution in [0.1, 0.15) is 21.5 Å². The van der Waals surface area contributed by atoms with Crippen LogP contribution in [0.3, 0.4) is 0 Å². The van der Waals surface area contributed by atoms with Crippen LogP contribution in [-0.4, -0.2) is 5.97 Å². The Morgan fingerprint density at radius 2 is 2.00 bits per heavy atom. The second-order valence-electron chi connectivity index (χ2n) is 4.25. The average molecular weight is 381 g/mol. The third-order valence-electron chi connectivity index (χ3n) is 2.68. The summed E-state index contributed by atoms with van der Waals surface area (Å²) in [4.78, 5) is 16.9. The minimum Gasteiger partial charge on any atom is -0.373 e. The van der Waals surface area contributed by atoms with Gasteiger partial charge in [0.2, 0.25) is 0 Å². The quantitative estimate of drug-likeness (QED) is 0.486. The van der Waals surface area contributed by atoms with Crippen LogP contribution in [0, 0.1) is 16.7 Å². The summed E-state index contributed by atoms with van der Waals surface area (Å²) >= 11 is 2.08. The lowest BCUT2D eigenvalue weighted by molar-refractivity contribution is 0.0279. The fourth-order valence-electron chi connectivity index (χ4n) is 1.65. The molecular weight excluding hydrogens is 367 g/mol. The summed E-state index contributed by atoms with van der Waals surface area (Å²) in [5.74, 6) is -0.467. The van der Waals surface area contributed by atoms with Crippen LogP contribution < -0.4 is 11.2 Å². The Hall–Kier alpha value is -1.57. The fourth-order valence-corrected chi connectivity index (χ4v) is 2.26. The van der Waals surface area contributed by atoms with Gasteiger partial charge in [-0.3, -0.25) is 0 Å². The molecule has 104 valence electrons. The van der Waals surface area contributed by atoms with E-state index in [4.69, 9.17) is 10.6 Å². The summed E-state index contributed by atoms with van der Waals surface area (Å²) < 4.78 is 0.825. The van der Waals surface area contributed by atoms with Crippen molar-refractivity contribution in [3.63, 3.8) is 0 Å². The van der Waals surface area contributed by atoms with E-state index in [-0.39, 0.29) is 0 Å². The van der Waals surface area contributed by atoms with Gasteiger partial charge in [0.1, 0.15) is 0 Å². The molecule has 20 heavy (non-hydrogen) atoms. The second kappa shape index (κ2) is 6.74. The zero-order valence-corrected chi connectivity index (χ0v) is 13.0. The number of nitrogens with two attached hydrogens (primary N) is 1. The molecule has 0 spiro atoms. The van der Waals surface area contributed by atoms with E-state index in [0.717, 1.165) is 14.7 Å². The predicted molar refractivity (Wildman–Crippen MR) is 85.4 cm³/mol. The highest BCUT2D eigenvalue weighted by Gasteiger charge is 2.11. The number of hydroxylamine groups is 1. The molecule has 0 fully saturated rings. The second-order valence-corrected chi connectivity index (χ2v) is 5.42. The molecule has 0 unspecified atom stereocenters. The molecule has 4 nitrogen and oxygen atoms in total. The third-order valence-corrected chi connectivity index (χ3v) is 3.62. The van der Waals surface area contributed by atoms with Crippen molar-refractivity contribution in [2.75, 3.05) is 0 Å². The molecule has 5 heteroatoms. The van der Waals surface area contributed by atoms with Gasteiger partial charge in [-0.25, -0.2) is 4.79 Å². The van der Waals surface area contributed by atoms with Crippen LogP contribution in [0.5, 0.6) is 0 Å². The van der Waals surface area contributed by atoms with Gasteiger partial charge in [0.05, 0.1) is 5.56 Å². The minimum absolute atomic E-state index is 0.299. The topological polar surface area (TPSA) is 64.3 Å². The lowest BCUT2D eigenvalue weighted by Crippen LogP contribution is -2.32. The molecule has 0 heterocycles. The molecule has 0 saturated heterocycles. The van der Waals surface area contributed by atoms with Gasteiger partial charge in [-0.2, -0.15) is 23.2 Å². The number of aryl methyl sites for hydroxylation is 1. The molecule has 0 amide bonds. The van der Waals surface area contributed by atoms with Crippen molar-refractivity contribution in [1.82, 2.24) is 5.48 Å². The number of rotatable bonds is 4. The zero-order valence-electron chi connectivity index (χ0n) is 10.9. The molecule has 0 aromatic heterocycles. The van der Waals surface area contributed by atoms with Crippen molar-refractivity contribution in [1.29, 1.82) is 0 Å². The van der Waals surface area contributed by atoms with E-state index in [9.17, 15) is 4.79 Å². The molecule has 0 atom stereocenters. The first-order valence-corrected chi connectivity index (χ1v) is 7.07. The Morgan fingerprint density at radius 3 is 2.70 bits per heavy atom. The highest BCUT2D eigenvalue weighted by Crippen LogP contribution is 2.13. The highest BCUT2D eigenvalue weighted by molar-refractivity contribution is 14.1. The van der Waals surface area contributed by atoms with Gasteiger partial charge >= 0.3 is 5.97 Å². The molecular formula is C15H14IN2O2-. The molecule has 0 saturated carbocycles. The smallest absolute Gasteiger partial charge is 0.357 e. The van der Waals surface area contributed by atoms with E-state index in [1.807, 2.05) is 43.3 Å². The van der Waals surface area contributed by atoms with E-state index in [1.54, 1.807) is 12.1 Å². The molecule has 2 rings (SSSR count). The van der Waals surface area contributed by atoms with Gasteiger partial charge in [-0.05, 0) is 40.9 Å². The Labute approximate surface area is 131 Å². The van der Waals surface area contributed by atoms with E-state index in [1.165, 1.54) is 0 Å². The first kappa shape index (κ1) is 14.8. The van der Waals surface area contributed by atoms with Gasteiger partial charge in [0.15, 0.2) is 0 Å².